The van der Waals surface area contributed by atoms with E-state index in [9.17, 15) is 14.4 Å². The molecule has 0 aliphatic heterocycles. The van der Waals surface area contributed by atoms with E-state index >= 15 is 0 Å². The molecule has 8 nitrogen and oxygen atoms in total. The summed E-state index contributed by atoms with van der Waals surface area (Å²) in [6.07, 6.45) is -0.257. The van der Waals surface area contributed by atoms with Crippen LogP contribution < -0.4 is 0 Å². The van der Waals surface area contributed by atoms with Gasteiger partial charge in [0.15, 0.2) is 0 Å². The van der Waals surface area contributed by atoms with E-state index < -0.39 is 48.5 Å². The molecule has 0 aromatic heterocycles. The molecule has 0 amide bonds. The lowest BCUT2D eigenvalue weighted by Gasteiger charge is -2.23. The highest BCUT2D eigenvalue weighted by Gasteiger charge is 2.24. The minimum absolute atomic E-state index is 0.324. The van der Waals surface area contributed by atoms with Gasteiger partial charge in [-0.1, -0.05) is 6.92 Å². The van der Waals surface area contributed by atoms with Crippen molar-refractivity contribution in [1.82, 2.24) is 0 Å². The third-order valence-corrected chi connectivity index (χ3v) is 2.23. The van der Waals surface area contributed by atoms with Crippen LogP contribution in [-0.4, -0.2) is 58.2 Å². The molecule has 0 aliphatic rings. The van der Waals surface area contributed by atoms with Gasteiger partial charge in [-0.2, -0.15) is 0 Å². The van der Waals surface area contributed by atoms with Crippen molar-refractivity contribution in [3.63, 3.8) is 0 Å². The smallest absolute Gasteiger partial charge is 0.332 e. The zero-order valence-corrected chi connectivity index (χ0v) is 10.3. The molecular weight excluding hydrogens is 260 g/mol. The summed E-state index contributed by atoms with van der Waals surface area (Å²) in [5.41, 5.74) is -1.66. The first-order valence-electron chi connectivity index (χ1n) is 5.28. The number of hydrogen-bond acceptors (Lipinski definition) is 6. The third-order valence-electron chi connectivity index (χ3n) is 2.23. The number of carbonyl (C=O) groups is 3. The van der Waals surface area contributed by atoms with Gasteiger partial charge in [-0.3, -0.25) is 4.79 Å². The van der Waals surface area contributed by atoms with Gasteiger partial charge in [0.2, 0.25) is 0 Å². The predicted molar refractivity (Wildman–Crippen MR) is 61.2 cm³/mol. The molecule has 0 rings (SSSR count). The van der Waals surface area contributed by atoms with Crippen LogP contribution in [0.25, 0.3) is 0 Å². The molecule has 19 heavy (non-hydrogen) atoms. The maximum absolute atomic E-state index is 11.3. The van der Waals surface area contributed by atoms with Gasteiger partial charge in [0.05, 0.1) is 25.2 Å². The summed E-state index contributed by atoms with van der Waals surface area (Å²) in [5.74, 6) is -3.98. The van der Waals surface area contributed by atoms with Crippen LogP contribution in [0.5, 0.6) is 0 Å². The van der Waals surface area contributed by atoms with Crippen molar-refractivity contribution >= 4 is 17.9 Å². The average Bonchev–Trinajstić information content (AvgIpc) is 2.34. The molecule has 0 radical (unpaired) electrons. The van der Waals surface area contributed by atoms with Gasteiger partial charge in [-0.15, -0.1) is 0 Å². The van der Waals surface area contributed by atoms with Crippen LogP contribution in [0, 0.1) is 5.41 Å². The number of ether oxygens (including phenoxy) is 1. The zero-order chi connectivity index (χ0) is 15.1. The number of aliphatic hydroxyl groups is 2. The molecule has 0 saturated carbocycles. The number of esters is 1. The van der Waals surface area contributed by atoms with Crippen molar-refractivity contribution in [1.29, 1.82) is 0 Å². The molecule has 0 unspecified atom stereocenters. The molecule has 0 atom stereocenters. The Morgan fingerprint density at radius 3 is 2.05 bits per heavy atom. The maximum Gasteiger partial charge on any atom is 0.332 e. The summed E-state index contributed by atoms with van der Waals surface area (Å²) in [7, 11) is 0. The molecular formula is C11H16O8. The lowest BCUT2D eigenvalue weighted by Crippen LogP contribution is -2.32. The monoisotopic (exact) mass is 276 g/mol. The number of aliphatic carboxylic acids is 2. The van der Waals surface area contributed by atoms with Crippen LogP contribution in [0.3, 0.4) is 0 Å². The maximum atomic E-state index is 11.3. The minimum atomic E-state index is -1.54. The van der Waals surface area contributed by atoms with Crippen LogP contribution in [0.1, 0.15) is 13.3 Å². The van der Waals surface area contributed by atoms with E-state index in [4.69, 9.17) is 20.4 Å². The Labute approximate surface area is 108 Å². The Morgan fingerprint density at radius 2 is 1.68 bits per heavy atom. The molecule has 0 heterocycles. The Bertz CT molecular complexity index is 380. The van der Waals surface area contributed by atoms with Gasteiger partial charge in [-0.05, 0) is 0 Å². The van der Waals surface area contributed by atoms with E-state index in [1.807, 2.05) is 0 Å². The van der Waals surface area contributed by atoms with Crippen molar-refractivity contribution in [3.8, 4) is 0 Å². The highest BCUT2D eigenvalue weighted by molar-refractivity contribution is 5.98. The Kier molecular flexibility index (Phi) is 6.73. The fourth-order valence-corrected chi connectivity index (χ4v) is 0.922. The molecule has 0 saturated heterocycles. The first-order chi connectivity index (χ1) is 8.74. The molecule has 8 heteroatoms. The Balaban J connectivity index is 4.64. The number of hydrogen-bond donors (Lipinski definition) is 4. The molecule has 0 aromatic carbocycles. The number of carbonyl (C=O) groups excluding carboxylic acids is 1. The van der Waals surface area contributed by atoms with Gasteiger partial charge >= 0.3 is 17.9 Å². The SMILES string of the molecule is CC(CO)(CO)COC(=O)/C=C(/CC(=O)O)C(=O)O. The van der Waals surface area contributed by atoms with Crippen LogP contribution in [0.2, 0.25) is 0 Å². The highest BCUT2D eigenvalue weighted by atomic mass is 16.5. The van der Waals surface area contributed by atoms with Crippen LogP contribution in [0.4, 0.5) is 0 Å². The third kappa shape index (κ3) is 6.53. The van der Waals surface area contributed by atoms with Crippen LogP contribution >= 0.6 is 0 Å². The predicted octanol–water partition coefficient (Wildman–Crippen LogP) is -0.994. The first-order valence-corrected chi connectivity index (χ1v) is 5.28. The lowest BCUT2D eigenvalue weighted by atomic mass is 9.95. The summed E-state index contributed by atoms with van der Waals surface area (Å²) in [6, 6.07) is 0. The lowest BCUT2D eigenvalue weighted by molar-refractivity contribution is -0.144. The first kappa shape index (κ1) is 17.1. The van der Waals surface area contributed by atoms with Gasteiger partial charge in [0, 0.05) is 11.5 Å². The van der Waals surface area contributed by atoms with Gasteiger partial charge in [-0.25, -0.2) is 9.59 Å². The largest absolute Gasteiger partial charge is 0.481 e. The molecule has 4 N–H and O–H groups in total. The van der Waals surface area contributed by atoms with Crippen molar-refractivity contribution in [2.45, 2.75) is 13.3 Å². The molecule has 0 fully saturated rings. The van der Waals surface area contributed by atoms with Gasteiger partial charge in [0.25, 0.3) is 0 Å². The normalized spacial score (nSPS) is 12.1. The minimum Gasteiger partial charge on any atom is -0.481 e. The summed E-state index contributed by atoms with van der Waals surface area (Å²) < 4.78 is 4.66. The van der Waals surface area contributed by atoms with Gasteiger partial charge < -0.3 is 25.2 Å². The fraction of sp³-hybridized carbons (Fsp3) is 0.545. The second-order valence-electron chi connectivity index (χ2n) is 4.28. The summed E-state index contributed by atoms with van der Waals surface area (Å²) in [5, 5.41) is 35.0. The van der Waals surface area contributed by atoms with Gasteiger partial charge in [0.1, 0.15) is 6.61 Å². The number of rotatable bonds is 8. The van der Waals surface area contributed by atoms with Crippen molar-refractivity contribution in [2.75, 3.05) is 19.8 Å². The van der Waals surface area contributed by atoms with E-state index in [0.29, 0.717) is 6.08 Å². The van der Waals surface area contributed by atoms with E-state index in [1.165, 1.54) is 6.92 Å². The zero-order valence-electron chi connectivity index (χ0n) is 10.3. The molecule has 0 bridgehead atoms. The topological polar surface area (TPSA) is 141 Å². The highest BCUT2D eigenvalue weighted by Crippen LogP contribution is 2.14. The molecule has 0 aromatic rings. The van der Waals surface area contributed by atoms with Crippen LogP contribution in [0.15, 0.2) is 11.6 Å². The second-order valence-corrected chi connectivity index (χ2v) is 4.28. The van der Waals surface area contributed by atoms with E-state index in [-0.39, 0.29) is 6.61 Å². The summed E-state index contributed by atoms with van der Waals surface area (Å²) in [6.45, 7) is 0.275. The van der Waals surface area contributed by atoms with E-state index in [0.717, 1.165) is 0 Å². The van der Waals surface area contributed by atoms with Crippen molar-refractivity contribution in [2.24, 2.45) is 5.41 Å². The van der Waals surface area contributed by atoms with E-state index in [2.05, 4.69) is 4.74 Å². The number of aliphatic hydroxyl groups excluding tert-OH is 2. The summed E-state index contributed by atoms with van der Waals surface area (Å²) >= 11 is 0. The average molecular weight is 276 g/mol. The molecule has 0 spiro atoms. The second kappa shape index (κ2) is 7.49. The van der Waals surface area contributed by atoms with E-state index in [1.54, 1.807) is 0 Å². The standard InChI is InChI=1S/C11H16O8/c1-11(4-12,5-13)6-19-9(16)3-7(10(17)18)2-8(14)15/h3,12-13H,2,4-6H2,1H3,(H,14,15)(H,17,18)/b7-3-. The Hall–Kier alpha value is -1.93. The summed E-state index contributed by atoms with van der Waals surface area (Å²) in [4.78, 5) is 32.3. The fourth-order valence-electron chi connectivity index (χ4n) is 0.922. The number of carboxylic acids is 2. The quantitative estimate of drug-likeness (QED) is 0.327. The molecule has 0 aliphatic carbocycles. The van der Waals surface area contributed by atoms with Crippen LogP contribution in [-0.2, 0) is 19.1 Å². The molecule has 108 valence electrons. The van der Waals surface area contributed by atoms with Crippen molar-refractivity contribution < 1.29 is 39.5 Å². The van der Waals surface area contributed by atoms with Crippen molar-refractivity contribution in [3.05, 3.63) is 11.6 Å². The number of carboxylic acid groups (broad SMARTS) is 2. The Morgan fingerprint density at radius 1 is 1.16 bits per heavy atom.